The van der Waals surface area contributed by atoms with Crippen molar-refractivity contribution in [2.24, 2.45) is 0 Å². The lowest BCUT2D eigenvalue weighted by molar-refractivity contribution is -0.140. The van der Waals surface area contributed by atoms with E-state index in [1.54, 1.807) is 18.0 Å². The van der Waals surface area contributed by atoms with Gasteiger partial charge >= 0.3 is 5.97 Å². The molecule has 3 rings (SSSR count). The molecule has 2 heterocycles. The number of nitrogens with zero attached hydrogens (tertiary/aromatic N) is 3. The maximum Gasteiger partial charge on any atom is 0.302 e. The third-order valence-electron chi connectivity index (χ3n) is 4.28. The maximum atomic E-state index is 11.2. The van der Waals surface area contributed by atoms with Gasteiger partial charge in [-0.05, 0) is 35.7 Å². The van der Waals surface area contributed by atoms with Crippen LogP contribution in [0, 0.1) is 0 Å². The number of pyridine rings is 1. The molecule has 3 aromatic rings. The predicted molar refractivity (Wildman–Crippen MR) is 116 cm³/mol. The van der Waals surface area contributed by atoms with Gasteiger partial charge in [0.05, 0.1) is 18.8 Å². The quantitative estimate of drug-likeness (QED) is 0.451. The van der Waals surface area contributed by atoms with Crippen molar-refractivity contribution < 1.29 is 9.53 Å². The zero-order valence-electron chi connectivity index (χ0n) is 16.8. The molecule has 1 aromatic carbocycles. The van der Waals surface area contributed by atoms with Crippen LogP contribution in [-0.2, 0) is 22.5 Å². The van der Waals surface area contributed by atoms with Gasteiger partial charge in [0, 0.05) is 35.7 Å². The van der Waals surface area contributed by atoms with Gasteiger partial charge < -0.3 is 9.30 Å². The Morgan fingerprint density at radius 2 is 2.10 bits per heavy atom. The van der Waals surface area contributed by atoms with E-state index in [0.717, 1.165) is 27.0 Å². The minimum absolute atomic E-state index is 0.249. The van der Waals surface area contributed by atoms with E-state index in [1.807, 2.05) is 42.6 Å². The van der Waals surface area contributed by atoms with Gasteiger partial charge in [0.2, 0.25) is 0 Å². The number of benzene rings is 1. The molecule has 0 saturated heterocycles. The van der Waals surface area contributed by atoms with Crippen molar-refractivity contribution in [2.75, 3.05) is 6.61 Å². The lowest BCUT2D eigenvalue weighted by atomic mass is 10.1. The van der Waals surface area contributed by atoms with Crippen molar-refractivity contribution in [3.8, 4) is 0 Å². The Morgan fingerprint density at radius 3 is 2.76 bits per heavy atom. The second kappa shape index (κ2) is 9.94. The first-order valence-electron chi connectivity index (χ1n) is 9.49. The molecule has 5 nitrogen and oxygen atoms in total. The Balaban J connectivity index is 2.01. The van der Waals surface area contributed by atoms with E-state index < -0.39 is 0 Å². The summed E-state index contributed by atoms with van der Waals surface area (Å²) in [4.78, 5) is 21.4. The van der Waals surface area contributed by atoms with E-state index in [4.69, 9.17) is 21.3 Å². The van der Waals surface area contributed by atoms with Gasteiger partial charge in [0.15, 0.2) is 0 Å². The molecule has 0 N–H and O–H groups in total. The van der Waals surface area contributed by atoms with Gasteiger partial charge in [-0.2, -0.15) is 0 Å². The number of rotatable bonds is 8. The summed E-state index contributed by atoms with van der Waals surface area (Å²) < 4.78 is 7.36. The molecule has 152 valence electrons. The largest absolute Gasteiger partial charge is 0.465 e. The van der Waals surface area contributed by atoms with Crippen molar-refractivity contribution in [2.45, 2.75) is 49.6 Å². The first kappa shape index (κ1) is 21.4. The number of hydrogen-bond acceptors (Lipinski definition) is 5. The monoisotopic (exact) mass is 429 g/mol. The highest BCUT2D eigenvalue weighted by Gasteiger charge is 2.21. The summed E-state index contributed by atoms with van der Waals surface area (Å²) in [5.41, 5.74) is 2.11. The molecule has 2 aromatic heterocycles. The second-order valence-electron chi connectivity index (χ2n) is 6.97. The fourth-order valence-electron chi connectivity index (χ4n) is 2.94. The molecule has 0 atom stereocenters. The van der Waals surface area contributed by atoms with E-state index in [9.17, 15) is 4.79 Å². The molecule has 0 aliphatic heterocycles. The van der Waals surface area contributed by atoms with Gasteiger partial charge in [-0.3, -0.25) is 9.78 Å². The van der Waals surface area contributed by atoms with Gasteiger partial charge in [0.1, 0.15) is 10.9 Å². The Labute approximate surface area is 180 Å². The molecule has 7 heteroatoms. The van der Waals surface area contributed by atoms with Crippen molar-refractivity contribution in [1.82, 2.24) is 14.5 Å². The number of halogens is 1. The number of esters is 1. The Bertz CT molecular complexity index is 973. The third-order valence-corrected chi connectivity index (χ3v) is 5.62. The van der Waals surface area contributed by atoms with Crippen molar-refractivity contribution >= 4 is 29.3 Å². The summed E-state index contributed by atoms with van der Waals surface area (Å²) in [5, 5.41) is 1.78. The van der Waals surface area contributed by atoms with Crippen molar-refractivity contribution in [1.29, 1.82) is 0 Å². The van der Waals surface area contributed by atoms with E-state index in [1.165, 1.54) is 6.92 Å². The van der Waals surface area contributed by atoms with Crippen LogP contribution in [0.15, 0.2) is 58.7 Å². The van der Waals surface area contributed by atoms with Crippen LogP contribution in [0.4, 0.5) is 0 Å². The molecule has 0 radical (unpaired) electrons. The highest BCUT2D eigenvalue weighted by Crippen LogP contribution is 2.36. The van der Waals surface area contributed by atoms with Gasteiger partial charge in [0.25, 0.3) is 0 Å². The Morgan fingerprint density at radius 1 is 1.28 bits per heavy atom. The number of imidazole rings is 1. The average molecular weight is 430 g/mol. The van der Waals surface area contributed by atoms with Crippen molar-refractivity contribution in [3.05, 3.63) is 70.9 Å². The first-order valence-corrected chi connectivity index (χ1v) is 10.7. The summed E-state index contributed by atoms with van der Waals surface area (Å²) in [5.74, 6) is 0.857. The molecule has 0 aliphatic carbocycles. The molecule has 0 bridgehead atoms. The van der Waals surface area contributed by atoms with Crippen LogP contribution in [0.3, 0.4) is 0 Å². The maximum absolute atomic E-state index is 11.2. The second-order valence-corrected chi connectivity index (χ2v) is 8.47. The molecule has 0 aliphatic rings. The van der Waals surface area contributed by atoms with E-state index in [0.29, 0.717) is 24.6 Å². The average Bonchev–Trinajstić information content (AvgIpc) is 3.00. The Kier molecular flexibility index (Phi) is 7.34. The number of carbonyl (C=O) groups excluding carboxylic acids is 1. The van der Waals surface area contributed by atoms with Crippen LogP contribution in [0.25, 0.3) is 0 Å². The topological polar surface area (TPSA) is 57.0 Å². The van der Waals surface area contributed by atoms with Gasteiger partial charge in [-0.1, -0.05) is 49.3 Å². The molecule has 0 amide bonds. The number of carbonyl (C=O) groups is 1. The summed E-state index contributed by atoms with van der Waals surface area (Å²) in [6, 6.07) is 11.8. The number of ether oxygens (including phenoxy) is 1. The highest BCUT2D eigenvalue weighted by atomic mass is 35.5. The molecule has 0 saturated carbocycles. The van der Waals surface area contributed by atoms with Crippen LogP contribution < -0.4 is 0 Å². The van der Waals surface area contributed by atoms with Crippen LogP contribution in [0.1, 0.15) is 43.8 Å². The summed E-state index contributed by atoms with van der Waals surface area (Å²) in [6.07, 6.45) is 4.18. The molecule has 29 heavy (non-hydrogen) atoms. The van der Waals surface area contributed by atoms with Crippen LogP contribution in [-0.4, -0.2) is 27.1 Å². The summed E-state index contributed by atoms with van der Waals surface area (Å²) in [7, 11) is 0. The molecule has 0 fully saturated rings. The summed E-state index contributed by atoms with van der Waals surface area (Å²) >= 11 is 7.84. The van der Waals surface area contributed by atoms with Gasteiger partial charge in [-0.15, -0.1) is 0 Å². The fourth-order valence-corrected chi connectivity index (χ4v) is 4.42. The highest BCUT2D eigenvalue weighted by molar-refractivity contribution is 7.99. The zero-order valence-corrected chi connectivity index (χ0v) is 18.3. The zero-order chi connectivity index (χ0) is 20.8. The minimum Gasteiger partial charge on any atom is -0.465 e. The number of hydrogen-bond donors (Lipinski definition) is 0. The standard InChI is InChI=1S/C22H24ClN3O2S/c1-15(2)21-22(29-19-8-4-7-18(23)12-19)26(14-17-6-5-10-24-13-17)20(25-21)9-11-28-16(3)27/h4-8,10,12-13,15H,9,11,14H2,1-3H3. The summed E-state index contributed by atoms with van der Waals surface area (Å²) in [6.45, 7) is 6.63. The molecule has 0 unspecified atom stereocenters. The van der Waals surface area contributed by atoms with Crippen LogP contribution in [0.5, 0.6) is 0 Å². The third kappa shape index (κ3) is 5.84. The lowest BCUT2D eigenvalue weighted by Crippen LogP contribution is -2.11. The SMILES string of the molecule is CC(=O)OCCc1nc(C(C)C)c(Sc2cccc(Cl)c2)n1Cc1cccnc1. The van der Waals surface area contributed by atoms with Crippen LogP contribution >= 0.6 is 23.4 Å². The molecule has 0 spiro atoms. The predicted octanol–water partition coefficient (Wildman–Crippen LogP) is 5.36. The van der Waals surface area contributed by atoms with E-state index in [-0.39, 0.29) is 11.9 Å². The van der Waals surface area contributed by atoms with E-state index in [2.05, 4.69) is 23.4 Å². The minimum atomic E-state index is -0.284. The van der Waals surface area contributed by atoms with Gasteiger partial charge in [-0.25, -0.2) is 4.98 Å². The first-order chi connectivity index (χ1) is 13.9. The lowest BCUT2D eigenvalue weighted by Gasteiger charge is -2.13. The van der Waals surface area contributed by atoms with Crippen LogP contribution in [0.2, 0.25) is 5.02 Å². The fraction of sp³-hybridized carbons (Fsp3) is 0.318. The smallest absolute Gasteiger partial charge is 0.302 e. The number of aromatic nitrogens is 3. The van der Waals surface area contributed by atoms with E-state index >= 15 is 0 Å². The molecular weight excluding hydrogens is 406 g/mol. The molecular formula is C22H24ClN3O2S. The normalized spacial score (nSPS) is 11.1. The van der Waals surface area contributed by atoms with Crippen molar-refractivity contribution in [3.63, 3.8) is 0 Å². The Hall–Kier alpha value is -2.31.